The average Bonchev–Trinajstić information content (AvgIpc) is 2.57. The normalized spacial score (nSPS) is 10.6. The van der Waals surface area contributed by atoms with Gasteiger partial charge in [0.2, 0.25) is 5.95 Å². The second kappa shape index (κ2) is 7.63. The van der Waals surface area contributed by atoms with Gasteiger partial charge in [0.15, 0.2) is 0 Å². The summed E-state index contributed by atoms with van der Waals surface area (Å²) in [7, 11) is 0. The Bertz CT molecular complexity index is 887. The molecule has 0 amide bonds. The largest absolute Gasteiger partial charge is 0.350 e. The Kier molecular flexibility index (Phi) is 5.31. The summed E-state index contributed by atoms with van der Waals surface area (Å²) in [5.74, 6) is 0.608. The number of anilines is 3. The van der Waals surface area contributed by atoms with Gasteiger partial charge < -0.3 is 10.6 Å². The lowest BCUT2D eigenvalue weighted by Crippen LogP contribution is -2.06. The van der Waals surface area contributed by atoms with E-state index in [1.807, 2.05) is 6.07 Å². The first-order valence-electron chi connectivity index (χ1n) is 7.42. The van der Waals surface area contributed by atoms with E-state index in [4.69, 9.17) is 23.2 Å². The molecule has 3 rings (SSSR count). The lowest BCUT2D eigenvalue weighted by Gasteiger charge is -2.10. The number of hydrogen-bond acceptors (Lipinski definition) is 5. The fourth-order valence-electron chi connectivity index (χ4n) is 2.12. The zero-order valence-electron chi connectivity index (χ0n) is 13.2. The number of hydrogen-bond donors (Lipinski definition) is 2. The third kappa shape index (κ3) is 4.78. The van der Waals surface area contributed by atoms with Crippen molar-refractivity contribution in [3.05, 3.63) is 69.8 Å². The molecule has 0 aliphatic rings. The predicted molar refractivity (Wildman–Crippen MR) is 98.0 cm³/mol. The van der Waals surface area contributed by atoms with Gasteiger partial charge in [-0.05, 0) is 42.3 Å². The molecule has 1 aromatic carbocycles. The Labute approximate surface area is 154 Å². The molecule has 0 bridgehead atoms. The summed E-state index contributed by atoms with van der Waals surface area (Å²) in [5.41, 5.74) is 2.18. The SMILES string of the molecule is Cc1cc(Nc2cc(Cl)nc(NCc3ccc(Cl)nc3)n2)ccc1F. The first-order chi connectivity index (χ1) is 12.0. The predicted octanol–water partition coefficient (Wildman–Crippen LogP) is 4.98. The third-order valence-electron chi connectivity index (χ3n) is 3.36. The van der Waals surface area contributed by atoms with Crippen molar-refractivity contribution in [1.82, 2.24) is 15.0 Å². The van der Waals surface area contributed by atoms with Crippen molar-refractivity contribution in [3.63, 3.8) is 0 Å². The van der Waals surface area contributed by atoms with Crippen LogP contribution >= 0.6 is 23.2 Å². The minimum Gasteiger partial charge on any atom is -0.350 e. The maximum Gasteiger partial charge on any atom is 0.226 e. The Morgan fingerprint density at radius 2 is 1.88 bits per heavy atom. The van der Waals surface area contributed by atoms with Gasteiger partial charge in [-0.1, -0.05) is 29.3 Å². The molecule has 2 aromatic heterocycles. The monoisotopic (exact) mass is 377 g/mol. The van der Waals surface area contributed by atoms with Crippen LogP contribution in [-0.4, -0.2) is 15.0 Å². The van der Waals surface area contributed by atoms with Crippen LogP contribution in [0.1, 0.15) is 11.1 Å². The van der Waals surface area contributed by atoms with Crippen LogP contribution in [0.3, 0.4) is 0 Å². The molecule has 0 saturated heterocycles. The van der Waals surface area contributed by atoms with E-state index in [9.17, 15) is 4.39 Å². The number of pyridine rings is 1. The van der Waals surface area contributed by atoms with Gasteiger partial charge in [-0.15, -0.1) is 0 Å². The van der Waals surface area contributed by atoms with Crippen molar-refractivity contribution in [3.8, 4) is 0 Å². The van der Waals surface area contributed by atoms with E-state index in [1.54, 1.807) is 37.4 Å². The summed E-state index contributed by atoms with van der Waals surface area (Å²) < 4.78 is 13.4. The molecular weight excluding hydrogens is 364 g/mol. The molecule has 0 atom stereocenters. The van der Waals surface area contributed by atoms with Gasteiger partial charge in [-0.3, -0.25) is 0 Å². The molecular formula is C17H14Cl2FN5. The van der Waals surface area contributed by atoms with Crippen LogP contribution in [0, 0.1) is 12.7 Å². The van der Waals surface area contributed by atoms with Crippen LogP contribution < -0.4 is 10.6 Å². The molecule has 0 saturated carbocycles. The van der Waals surface area contributed by atoms with Gasteiger partial charge in [-0.2, -0.15) is 4.98 Å². The summed E-state index contributed by atoms with van der Waals surface area (Å²) in [6.45, 7) is 2.17. The highest BCUT2D eigenvalue weighted by molar-refractivity contribution is 6.29. The first-order valence-corrected chi connectivity index (χ1v) is 8.17. The standard InChI is InChI=1S/C17H14Cl2FN5/c1-10-6-12(3-4-13(10)20)23-16-7-15(19)24-17(25-16)22-9-11-2-5-14(18)21-8-11/h2-8H,9H2,1H3,(H2,22,23,24,25). The molecule has 3 aromatic rings. The van der Waals surface area contributed by atoms with E-state index in [-0.39, 0.29) is 11.0 Å². The Hall–Kier alpha value is -2.44. The van der Waals surface area contributed by atoms with E-state index in [1.165, 1.54) is 6.07 Å². The van der Waals surface area contributed by atoms with Crippen molar-refractivity contribution in [2.24, 2.45) is 0 Å². The Balaban J connectivity index is 1.73. The topological polar surface area (TPSA) is 62.7 Å². The van der Waals surface area contributed by atoms with Gasteiger partial charge in [0.05, 0.1) is 0 Å². The number of halogens is 3. The zero-order chi connectivity index (χ0) is 17.8. The molecule has 5 nitrogen and oxygen atoms in total. The lowest BCUT2D eigenvalue weighted by atomic mass is 10.2. The van der Waals surface area contributed by atoms with Gasteiger partial charge in [0.1, 0.15) is 21.9 Å². The van der Waals surface area contributed by atoms with Crippen LogP contribution in [0.15, 0.2) is 42.6 Å². The maximum atomic E-state index is 13.4. The van der Waals surface area contributed by atoms with E-state index in [0.29, 0.717) is 34.7 Å². The highest BCUT2D eigenvalue weighted by Crippen LogP contribution is 2.21. The quantitative estimate of drug-likeness (QED) is 0.484. The summed E-state index contributed by atoms with van der Waals surface area (Å²) in [5, 5.41) is 6.88. The second-order valence-electron chi connectivity index (χ2n) is 5.33. The molecule has 2 heterocycles. The summed E-state index contributed by atoms with van der Waals surface area (Å²) in [6.07, 6.45) is 1.67. The molecule has 0 unspecified atom stereocenters. The highest BCUT2D eigenvalue weighted by Gasteiger charge is 2.06. The lowest BCUT2D eigenvalue weighted by molar-refractivity contribution is 0.619. The van der Waals surface area contributed by atoms with Gasteiger partial charge in [0.25, 0.3) is 0 Å². The van der Waals surface area contributed by atoms with Crippen molar-refractivity contribution >= 4 is 40.7 Å². The number of benzene rings is 1. The Morgan fingerprint density at radius 1 is 1.04 bits per heavy atom. The van der Waals surface area contributed by atoms with Crippen molar-refractivity contribution < 1.29 is 4.39 Å². The molecule has 25 heavy (non-hydrogen) atoms. The average molecular weight is 378 g/mol. The number of rotatable bonds is 5. The molecule has 128 valence electrons. The van der Waals surface area contributed by atoms with Crippen LogP contribution in [0.2, 0.25) is 10.3 Å². The molecule has 0 radical (unpaired) electrons. The van der Waals surface area contributed by atoms with Crippen LogP contribution in [-0.2, 0) is 6.54 Å². The van der Waals surface area contributed by atoms with Gasteiger partial charge >= 0.3 is 0 Å². The second-order valence-corrected chi connectivity index (χ2v) is 6.11. The number of aryl methyl sites for hydroxylation is 1. The number of aromatic nitrogens is 3. The van der Waals surface area contributed by atoms with Crippen molar-refractivity contribution in [2.45, 2.75) is 13.5 Å². The fourth-order valence-corrected chi connectivity index (χ4v) is 2.42. The van der Waals surface area contributed by atoms with Crippen LogP contribution in [0.25, 0.3) is 0 Å². The summed E-state index contributed by atoms with van der Waals surface area (Å²) in [4.78, 5) is 12.5. The molecule has 0 aliphatic heterocycles. The molecule has 2 N–H and O–H groups in total. The van der Waals surface area contributed by atoms with Crippen molar-refractivity contribution in [2.75, 3.05) is 10.6 Å². The minimum absolute atomic E-state index is 0.259. The van der Waals surface area contributed by atoms with Crippen LogP contribution in [0.5, 0.6) is 0 Å². The number of nitrogens with one attached hydrogen (secondary N) is 2. The Morgan fingerprint density at radius 3 is 2.60 bits per heavy atom. The highest BCUT2D eigenvalue weighted by atomic mass is 35.5. The zero-order valence-corrected chi connectivity index (χ0v) is 14.7. The van der Waals surface area contributed by atoms with E-state index in [0.717, 1.165) is 5.56 Å². The number of nitrogens with zero attached hydrogens (tertiary/aromatic N) is 3. The molecule has 0 aliphatic carbocycles. The van der Waals surface area contributed by atoms with Crippen molar-refractivity contribution in [1.29, 1.82) is 0 Å². The van der Waals surface area contributed by atoms with Crippen LogP contribution in [0.4, 0.5) is 21.8 Å². The fraction of sp³-hybridized carbons (Fsp3) is 0.118. The maximum absolute atomic E-state index is 13.4. The molecule has 0 fully saturated rings. The first kappa shape index (κ1) is 17.4. The smallest absolute Gasteiger partial charge is 0.226 e. The molecule has 8 heteroatoms. The van der Waals surface area contributed by atoms with E-state index >= 15 is 0 Å². The summed E-state index contributed by atoms with van der Waals surface area (Å²) in [6, 6.07) is 9.87. The van der Waals surface area contributed by atoms with E-state index < -0.39 is 0 Å². The minimum atomic E-state index is -0.259. The van der Waals surface area contributed by atoms with Gasteiger partial charge in [0, 0.05) is 24.5 Å². The van der Waals surface area contributed by atoms with Gasteiger partial charge in [-0.25, -0.2) is 14.4 Å². The molecule has 0 spiro atoms. The third-order valence-corrected chi connectivity index (χ3v) is 3.78. The summed E-state index contributed by atoms with van der Waals surface area (Å²) >= 11 is 11.8. The van der Waals surface area contributed by atoms with E-state index in [2.05, 4.69) is 25.6 Å².